The lowest BCUT2D eigenvalue weighted by Gasteiger charge is -2.07. The fourth-order valence-corrected chi connectivity index (χ4v) is 2.47. The summed E-state index contributed by atoms with van der Waals surface area (Å²) in [4.78, 5) is 15.0. The van der Waals surface area contributed by atoms with Gasteiger partial charge >= 0.3 is 0 Å². The summed E-state index contributed by atoms with van der Waals surface area (Å²) in [5, 5.41) is 3.74. The van der Waals surface area contributed by atoms with Gasteiger partial charge in [-0.1, -0.05) is 12.1 Å². The number of hydrogen-bond acceptors (Lipinski definition) is 1. The van der Waals surface area contributed by atoms with Crippen molar-refractivity contribution >= 4 is 16.8 Å². The third-order valence-corrected chi connectivity index (χ3v) is 3.74. The molecule has 118 valence electrons. The lowest BCUT2D eigenvalue weighted by atomic mass is 10.1. The first-order valence-corrected chi connectivity index (χ1v) is 7.38. The number of halogens is 2. The molecular weight excluding hydrogens is 298 g/mol. The van der Waals surface area contributed by atoms with Crippen LogP contribution in [0.4, 0.5) is 8.78 Å². The highest BCUT2D eigenvalue weighted by Gasteiger charge is 2.07. The van der Waals surface area contributed by atoms with Gasteiger partial charge in [0.15, 0.2) is 0 Å². The average Bonchev–Trinajstić information content (AvgIpc) is 3.01. The van der Waals surface area contributed by atoms with E-state index in [2.05, 4.69) is 10.3 Å². The summed E-state index contributed by atoms with van der Waals surface area (Å²) in [6, 6.07) is 11.2. The van der Waals surface area contributed by atoms with Crippen molar-refractivity contribution in [1.82, 2.24) is 10.3 Å². The molecule has 0 spiro atoms. The van der Waals surface area contributed by atoms with E-state index in [0.29, 0.717) is 12.8 Å². The van der Waals surface area contributed by atoms with Crippen molar-refractivity contribution in [2.45, 2.75) is 19.4 Å². The number of carbonyl (C=O) groups excluding carboxylic acids is 1. The number of aromatic amines is 1. The van der Waals surface area contributed by atoms with E-state index in [4.69, 9.17) is 0 Å². The maximum atomic E-state index is 13.5. The lowest BCUT2D eigenvalue weighted by molar-refractivity contribution is -0.121. The Morgan fingerprint density at radius 1 is 1.09 bits per heavy atom. The van der Waals surface area contributed by atoms with Crippen LogP contribution in [-0.4, -0.2) is 10.9 Å². The van der Waals surface area contributed by atoms with Crippen LogP contribution in [0.15, 0.2) is 48.7 Å². The molecule has 0 unspecified atom stereocenters. The molecular formula is C18H16F2N2O. The predicted molar refractivity (Wildman–Crippen MR) is 84.8 cm³/mol. The smallest absolute Gasteiger partial charge is 0.220 e. The quantitative estimate of drug-likeness (QED) is 0.741. The van der Waals surface area contributed by atoms with Gasteiger partial charge in [0.2, 0.25) is 5.91 Å². The lowest BCUT2D eigenvalue weighted by Crippen LogP contribution is -2.23. The second-order valence-electron chi connectivity index (χ2n) is 5.41. The van der Waals surface area contributed by atoms with Gasteiger partial charge in [-0.25, -0.2) is 8.78 Å². The number of aryl methyl sites for hydroxylation is 1. The molecule has 0 atom stereocenters. The number of benzene rings is 2. The molecule has 0 aliphatic heterocycles. The molecule has 3 rings (SSSR count). The number of hydrogen-bond donors (Lipinski definition) is 2. The highest BCUT2D eigenvalue weighted by Crippen LogP contribution is 2.15. The summed E-state index contributed by atoms with van der Waals surface area (Å²) in [6.45, 7) is -0.0158. The molecule has 0 saturated carbocycles. The summed E-state index contributed by atoms with van der Waals surface area (Å²) < 4.78 is 26.5. The maximum Gasteiger partial charge on any atom is 0.220 e. The van der Waals surface area contributed by atoms with Gasteiger partial charge in [0.05, 0.1) is 0 Å². The first-order valence-electron chi connectivity index (χ1n) is 7.38. The molecule has 0 saturated heterocycles. The van der Waals surface area contributed by atoms with Crippen LogP contribution in [0.3, 0.4) is 0 Å². The Morgan fingerprint density at radius 2 is 1.96 bits per heavy atom. The molecule has 1 amide bonds. The van der Waals surface area contributed by atoms with Crippen molar-refractivity contribution in [3.63, 3.8) is 0 Å². The fourth-order valence-electron chi connectivity index (χ4n) is 2.47. The van der Waals surface area contributed by atoms with Crippen LogP contribution in [-0.2, 0) is 17.8 Å². The highest BCUT2D eigenvalue weighted by molar-refractivity contribution is 5.80. The number of nitrogens with one attached hydrogen (secondary N) is 2. The minimum atomic E-state index is -0.524. The van der Waals surface area contributed by atoms with Crippen LogP contribution in [0.2, 0.25) is 0 Å². The zero-order valence-corrected chi connectivity index (χ0v) is 12.4. The zero-order chi connectivity index (χ0) is 16.2. The molecule has 23 heavy (non-hydrogen) atoms. The van der Waals surface area contributed by atoms with Gasteiger partial charge in [0, 0.05) is 30.2 Å². The second kappa shape index (κ2) is 6.60. The monoisotopic (exact) mass is 314 g/mol. The van der Waals surface area contributed by atoms with E-state index in [1.165, 1.54) is 0 Å². The van der Waals surface area contributed by atoms with Crippen molar-refractivity contribution in [3.05, 3.63) is 71.4 Å². The third kappa shape index (κ3) is 3.74. The summed E-state index contributed by atoms with van der Waals surface area (Å²) in [6.07, 6.45) is 2.75. The SMILES string of the molecule is O=C(CCc1ccc2cc[nH]c2c1)NCc1cc(F)ccc1F. The number of aromatic nitrogens is 1. The van der Waals surface area contributed by atoms with Crippen molar-refractivity contribution < 1.29 is 13.6 Å². The van der Waals surface area contributed by atoms with E-state index in [-0.39, 0.29) is 18.0 Å². The Morgan fingerprint density at radius 3 is 2.83 bits per heavy atom. The Balaban J connectivity index is 1.54. The van der Waals surface area contributed by atoms with Gasteiger partial charge in [-0.15, -0.1) is 0 Å². The predicted octanol–water partition coefficient (Wildman–Crippen LogP) is 3.70. The summed E-state index contributed by atoms with van der Waals surface area (Å²) in [5.41, 5.74) is 2.22. The van der Waals surface area contributed by atoms with Crippen LogP contribution in [0.25, 0.3) is 10.9 Å². The minimum Gasteiger partial charge on any atom is -0.361 e. The third-order valence-electron chi connectivity index (χ3n) is 3.74. The minimum absolute atomic E-state index is 0.0158. The summed E-state index contributed by atoms with van der Waals surface area (Å²) in [5.74, 6) is -1.24. The molecule has 0 aliphatic carbocycles. The van der Waals surface area contributed by atoms with Crippen LogP contribution in [0.5, 0.6) is 0 Å². The van der Waals surface area contributed by atoms with Gasteiger partial charge in [-0.3, -0.25) is 4.79 Å². The van der Waals surface area contributed by atoms with Crippen LogP contribution in [0, 0.1) is 11.6 Å². The zero-order valence-electron chi connectivity index (χ0n) is 12.4. The van der Waals surface area contributed by atoms with Gasteiger partial charge in [-0.2, -0.15) is 0 Å². The molecule has 3 nitrogen and oxygen atoms in total. The number of amides is 1. The van der Waals surface area contributed by atoms with E-state index in [1.54, 1.807) is 0 Å². The number of rotatable bonds is 5. The van der Waals surface area contributed by atoms with Crippen molar-refractivity contribution in [2.24, 2.45) is 0 Å². The molecule has 5 heteroatoms. The standard InChI is InChI=1S/C18H16F2N2O/c19-15-4-5-16(20)14(10-15)11-22-18(23)6-2-12-1-3-13-7-8-21-17(13)9-12/h1,3-5,7-10,21H,2,6,11H2,(H,22,23). The first kappa shape index (κ1) is 15.2. The first-order chi connectivity index (χ1) is 11.1. The van der Waals surface area contributed by atoms with Crippen molar-refractivity contribution in [2.75, 3.05) is 0 Å². The largest absolute Gasteiger partial charge is 0.361 e. The molecule has 0 fully saturated rings. The van der Waals surface area contributed by atoms with Gasteiger partial charge < -0.3 is 10.3 Å². The average molecular weight is 314 g/mol. The Hall–Kier alpha value is -2.69. The molecule has 0 aliphatic rings. The normalized spacial score (nSPS) is 10.9. The maximum absolute atomic E-state index is 13.5. The van der Waals surface area contributed by atoms with Crippen LogP contribution >= 0.6 is 0 Å². The highest BCUT2D eigenvalue weighted by atomic mass is 19.1. The van der Waals surface area contributed by atoms with Crippen LogP contribution < -0.4 is 5.32 Å². The number of H-pyrrole nitrogens is 1. The van der Waals surface area contributed by atoms with E-state index >= 15 is 0 Å². The van der Waals surface area contributed by atoms with Gasteiger partial charge in [-0.05, 0) is 47.7 Å². The van der Waals surface area contributed by atoms with E-state index in [0.717, 1.165) is 34.7 Å². The van der Waals surface area contributed by atoms with Crippen molar-refractivity contribution in [1.29, 1.82) is 0 Å². The topological polar surface area (TPSA) is 44.9 Å². The molecule has 3 aromatic rings. The Kier molecular flexibility index (Phi) is 4.37. The van der Waals surface area contributed by atoms with Gasteiger partial charge in [0.1, 0.15) is 11.6 Å². The van der Waals surface area contributed by atoms with Crippen LogP contribution in [0.1, 0.15) is 17.5 Å². The molecule has 1 aromatic heterocycles. The molecule has 2 aromatic carbocycles. The molecule has 2 N–H and O–H groups in total. The van der Waals surface area contributed by atoms with E-state index < -0.39 is 11.6 Å². The van der Waals surface area contributed by atoms with Crippen molar-refractivity contribution in [3.8, 4) is 0 Å². The molecule has 0 radical (unpaired) electrons. The Labute approximate surface area is 132 Å². The summed E-state index contributed by atoms with van der Waals surface area (Å²) in [7, 11) is 0. The van der Waals surface area contributed by atoms with Gasteiger partial charge in [0.25, 0.3) is 0 Å². The number of fused-ring (bicyclic) bond motifs is 1. The number of carbonyl (C=O) groups is 1. The molecule has 0 bridgehead atoms. The Bertz CT molecular complexity index is 842. The summed E-state index contributed by atoms with van der Waals surface area (Å²) >= 11 is 0. The van der Waals surface area contributed by atoms with E-state index in [1.807, 2.05) is 30.5 Å². The fraction of sp³-hybridized carbons (Fsp3) is 0.167. The second-order valence-corrected chi connectivity index (χ2v) is 5.41. The molecule has 1 heterocycles. The van der Waals surface area contributed by atoms with E-state index in [9.17, 15) is 13.6 Å².